The van der Waals surface area contributed by atoms with Crippen molar-refractivity contribution in [2.75, 3.05) is 40.3 Å². The van der Waals surface area contributed by atoms with Crippen LogP contribution in [0, 0.1) is 0 Å². The van der Waals surface area contributed by atoms with E-state index in [1.54, 1.807) is 19.0 Å². The van der Waals surface area contributed by atoms with Crippen molar-refractivity contribution in [1.82, 2.24) is 20.4 Å². The van der Waals surface area contributed by atoms with Gasteiger partial charge in [-0.2, -0.15) is 0 Å². The van der Waals surface area contributed by atoms with E-state index in [9.17, 15) is 4.79 Å². The van der Waals surface area contributed by atoms with Crippen LogP contribution in [-0.2, 0) is 17.9 Å². The van der Waals surface area contributed by atoms with Gasteiger partial charge >= 0.3 is 0 Å². The molecule has 1 aromatic carbocycles. The number of halogens is 1. The Labute approximate surface area is 193 Å². The number of guanidine groups is 1. The Kier molecular flexibility index (Phi) is 12.9. The van der Waals surface area contributed by atoms with Crippen LogP contribution in [0.5, 0.6) is 0 Å². The van der Waals surface area contributed by atoms with Crippen LogP contribution in [0.3, 0.4) is 0 Å². The first-order valence-electron chi connectivity index (χ1n) is 10.6. The molecule has 0 atom stereocenters. The monoisotopic (exact) mass is 515 g/mol. The fourth-order valence-electron chi connectivity index (χ4n) is 3.17. The van der Waals surface area contributed by atoms with Gasteiger partial charge in [0.2, 0.25) is 5.91 Å². The number of hydrogen-bond acceptors (Lipinski definition) is 3. The predicted molar refractivity (Wildman–Crippen MR) is 132 cm³/mol. The molecule has 1 aromatic rings. The van der Waals surface area contributed by atoms with E-state index in [1.807, 2.05) is 0 Å². The lowest BCUT2D eigenvalue weighted by Gasteiger charge is -2.26. The largest absolute Gasteiger partial charge is 0.356 e. The summed E-state index contributed by atoms with van der Waals surface area (Å²) in [5.41, 5.74) is 2.54. The minimum Gasteiger partial charge on any atom is -0.356 e. The molecule has 1 aliphatic rings. The highest BCUT2D eigenvalue weighted by Crippen LogP contribution is 2.14. The van der Waals surface area contributed by atoms with Crippen LogP contribution in [0.15, 0.2) is 29.3 Å². The van der Waals surface area contributed by atoms with Crippen LogP contribution in [0.25, 0.3) is 0 Å². The summed E-state index contributed by atoms with van der Waals surface area (Å²) in [6.07, 6.45) is 6.22. The molecule has 0 unspecified atom stereocenters. The third kappa shape index (κ3) is 10.3. The van der Waals surface area contributed by atoms with Gasteiger partial charge in [-0.15, -0.1) is 24.0 Å². The number of nitrogens with one attached hydrogen (secondary N) is 2. The molecule has 6 nitrogen and oxygen atoms in total. The summed E-state index contributed by atoms with van der Waals surface area (Å²) in [7, 11) is 3.52. The van der Waals surface area contributed by atoms with Gasteiger partial charge in [-0.3, -0.25) is 9.69 Å². The van der Waals surface area contributed by atoms with E-state index in [4.69, 9.17) is 0 Å². The highest BCUT2D eigenvalue weighted by atomic mass is 127. The van der Waals surface area contributed by atoms with Gasteiger partial charge in [-0.05, 0) is 43.5 Å². The Morgan fingerprint density at radius 3 is 2.34 bits per heavy atom. The Morgan fingerprint density at radius 1 is 1.07 bits per heavy atom. The molecule has 1 saturated heterocycles. The molecule has 1 fully saturated rings. The second-order valence-electron chi connectivity index (χ2n) is 7.74. The molecule has 29 heavy (non-hydrogen) atoms. The van der Waals surface area contributed by atoms with Gasteiger partial charge in [0, 0.05) is 27.2 Å². The molecule has 2 rings (SSSR count). The average Bonchev–Trinajstić information content (AvgIpc) is 2.71. The number of carbonyl (C=O) groups is 1. The molecule has 0 saturated carbocycles. The van der Waals surface area contributed by atoms with Crippen molar-refractivity contribution in [3.05, 3.63) is 35.4 Å². The number of hydrogen-bond donors (Lipinski definition) is 2. The standard InChI is InChI=1S/C22H37N5O.HI/c1-4-5-13-23-22(25-17-21(28)26(2)3)24-16-19-9-11-20(12-10-19)18-27-14-7-6-8-15-27;/h9-12H,4-8,13-18H2,1-3H3,(H2,23,24,25);1H. The van der Waals surface area contributed by atoms with Crippen molar-refractivity contribution in [1.29, 1.82) is 0 Å². The number of carbonyl (C=O) groups excluding carboxylic acids is 1. The zero-order valence-electron chi connectivity index (χ0n) is 18.2. The lowest BCUT2D eigenvalue weighted by Crippen LogP contribution is -2.43. The number of likely N-dealkylation sites (tertiary alicyclic amines) is 1. The van der Waals surface area contributed by atoms with E-state index in [0.717, 1.165) is 25.9 Å². The van der Waals surface area contributed by atoms with E-state index in [2.05, 4.69) is 51.7 Å². The van der Waals surface area contributed by atoms with Crippen LogP contribution >= 0.6 is 24.0 Å². The van der Waals surface area contributed by atoms with E-state index < -0.39 is 0 Å². The number of benzene rings is 1. The first-order chi connectivity index (χ1) is 13.6. The van der Waals surface area contributed by atoms with E-state index in [0.29, 0.717) is 12.5 Å². The number of amides is 1. The maximum Gasteiger partial charge on any atom is 0.241 e. The molecule has 0 aromatic heterocycles. The van der Waals surface area contributed by atoms with Gasteiger partial charge in [0.25, 0.3) is 0 Å². The zero-order valence-corrected chi connectivity index (χ0v) is 20.6. The number of likely N-dealkylation sites (N-methyl/N-ethyl adjacent to an activating group) is 1. The molecule has 164 valence electrons. The molecule has 1 amide bonds. The van der Waals surface area contributed by atoms with Gasteiger partial charge in [0.15, 0.2) is 5.96 Å². The zero-order chi connectivity index (χ0) is 20.2. The van der Waals surface area contributed by atoms with Crippen molar-refractivity contribution in [2.24, 2.45) is 4.99 Å². The van der Waals surface area contributed by atoms with Crippen LogP contribution in [0.4, 0.5) is 0 Å². The number of unbranched alkanes of at least 4 members (excludes halogenated alkanes) is 1. The van der Waals surface area contributed by atoms with Crippen molar-refractivity contribution < 1.29 is 4.79 Å². The Balaban J connectivity index is 0.00000420. The van der Waals surface area contributed by atoms with E-state index in [1.165, 1.54) is 43.5 Å². The third-order valence-corrected chi connectivity index (χ3v) is 5.03. The Hall–Kier alpha value is -1.35. The lowest BCUT2D eigenvalue weighted by atomic mass is 10.1. The second kappa shape index (κ2) is 14.6. The molecule has 0 spiro atoms. The molecule has 1 aliphatic heterocycles. The van der Waals surface area contributed by atoms with Crippen molar-refractivity contribution in [2.45, 2.75) is 52.1 Å². The molecule has 0 aliphatic carbocycles. The number of aliphatic imine (C=N–C) groups is 1. The maximum atomic E-state index is 11.8. The maximum absolute atomic E-state index is 11.8. The van der Waals surface area contributed by atoms with Crippen LogP contribution in [-0.4, -0.2) is 61.9 Å². The normalized spacial score (nSPS) is 14.8. The molecule has 7 heteroatoms. The fraction of sp³-hybridized carbons (Fsp3) is 0.636. The quantitative estimate of drug-likeness (QED) is 0.230. The third-order valence-electron chi connectivity index (χ3n) is 5.03. The van der Waals surface area contributed by atoms with Gasteiger partial charge < -0.3 is 15.5 Å². The van der Waals surface area contributed by atoms with Crippen LogP contribution < -0.4 is 10.6 Å². The highest BCUT2D eigenvalue weighted by Gasteiger charge is 2.10. The van der Waals surface area contributed by atoms with Gasteiger partial charge in [0.05, 0.1) is 13.1 Å². The molecule has 1 heterocycles. The summed E-state index contributed by atoms with van der Waals surface area (Å²) in [5.74, 6) is 0.730. The fourth-order valence-corrected chi connectivity index (χ4v) is 3.17. The number of rotatable bonds is 9. The van der Waals surface area contributed by atoms with Gasteiger partial charge in [0.1, 0.15) is 0 Å². The summed E-state index contributed by atoms with van der Waals surface area (Å²) in [5, 5.41) is 6.45. The topological polar surface area (TPSA) is 60.0 Å². The van der Waals surface area contributed by atoms with Crippen molar-refractivity contribution in [3.63, 3.8) is 0 Å². The SMILES string of the molecule is CCCCNC(=NCc1ccc(CN2CCCCC2)cc1)NCC(=O)N(C)C.I. The van der Waals surface area contributed by atoms with E-state index in [-0.39, 0.29) is 36.4 Å². The molecular formula is C22H38IN5O. The van der Waals surface area contributed by atoms with Crippen LogP contribution in [0.1, 0.15) is 50.2 Å². The van der Waals surface area contributed by atoms with Crippen molar-refractivity contribution >= 4 is 35.8 Å². The molecular weight excluding hydrogens is 477 g/mol. The number of nitrogens with zero attached hydrogens (tertiary/aromatic N) is 3. The smallest absolute Gasteiger partial charge is 0.241 e. The summed E-state index contributed by atoms with van der Waals surface area (Å²) in [6.45, 7) is 7.34. The average molecular weight is 515 g/mol. The summed E-state index contributed by atoms with van der Waals surface area (Å²) >= 11 is 0. The highest BCUT2D eigenvalue weighted by molar-refractivity contribution is 14.0. The lowest BCUT2D eigenvalue weighted by molar-refractivity contribution is -0.127. The predicted octanol–water partition coefficient (Wildman–Crippen LogP) is 3.21. The molecule has 0 bridgehead atoms. The Morgan fingerprint density at radius 2 is 1.72 bits per heavy atom. The second-order valence-corrected chi connectivity index (χ2v) is 7.74. The summed E-state index contributed by atoms with van der Waals surface area (Å²) in [4.78, 5) is 20.6. The number of piperidine rings is 1. The Bertz CT molecular complexity index is 612. The van der Waals surface area contributed by atoms with Gasteiger partial charge in [-0.1, -0.05) is 44.0 Å². The summed E-state index contributed by atoms with van der Waals surface area (Å²) < 4.78 is 0. The minimum absolute atomic E-state index is 0. The first kappa shape index (κ1) is 25.7. The first-order valence-corrected chi connectivity index (χ1v) is 10.6. The van der Waals surface area contributed by atoms with Crippen LogP contribution in [0.2, 0.25) is 0 Å². The molecule has 0 radical (unpaired) electrons. The summed E-state index contributed by atoms with van der Waals surface area (Å²) in [6, 6.07) is 8.76. The minimum atomic E-state index is 0. The van der Waals surface area contributed by atoms with Crippen molar-refractivity contribution in [3.8, 4) is 0 Å². The van der Waals surface area contributed by atoms with Gasteiger partial charge in [-0.25, -0.2) is 4.99 Å². The molecule has 2 N–H and O–H groups in total. The van der Waals surface area contributed by atoms with E-state index >= 15 is 0 Å².